The number of aryl methyl sites for hydroxylation is 3. The van der Waals surface area contributed by atoms with Crippen LogP contribution in [0.15, 0.2) is 42.5 Å². The van der Waals surface area contributed by atoms with Gasteiger partial charge in [0.2, 0.25) is 5.91 Å². The number of carbonyl (C=O) groups is 1. The lowest BCUT2D eigenvalue weighted by molar-refractivity contribution is -0.116. The van der Waals surface area contributed by atoms with Gasteiger partial charge in [-0.1, -0.05) is 30.3 Å². The normalized spacial score (nSPS) is 11.8. The number of anilines is 2. The quantitative estimate of drug-likeness (QED) is 0.888. The van der Waals surface area contributed by atoms with Crippen LogP contribution in [0.25, 0.3) is 0 Å². The molecule has 110 valence electrons. The molecule has 2 aromatic carbocycles. The third-order valence-electron chi connectivity index (χ3n) is 3.56. The van der Waals surface area contributed by atoms with E-state index in [9.17, 15) is 4.79 Å². The predicted molar refractivity (Wildman–Crippen MR) is 88.8 cm³/mol. The van der Waals surface area contributed by atoms with Crippen LogP contribution in [0.1, 0.15) is 23.6 Å². The van der Waals surface area contributed by atoms with Crippen molar-refractivity contribution in [2.75, 3.05) is 10.6 Å². The highest BCUT2D eigenvalue weighted by molar-refractivity contribution is 5.97. The van der Waals surface area contributed by atoms with Gasteiger partial charge in [0.15, 0.2) is 0 Å². The van der Waals surface area contributed by atoms with Gasteiger partial charge in [-0.2, -0.15) is 0 Å². The average molecular weight is 282 g/mol. The largest absolute Gasteiger partial charge is 0.374 e. The molecular formula is C18H22N2O. The molecule has 3 nitrogen and oxygen atoms in total. The van der Waals surface area contributed by atoms with Crippen molar-refractivity contribution in [2.24, 2.45) is 0 Å². The minimum absolute atomic E-state index is 0.0352. The van der Waals surface area contributed by atoms with E-state index in [1.54, 1.807) is 0 Å². The Morgan fingerprint density at radius 3 is 2.33 bits per heavy atom. The number of rotatable bonds is 4. The van der Waals surface area contributed by atoms with Gasteiger partial charge in [0.25, 0.3) is 0 Å². The van der Waals surface area contributed by atoms with Crippen LogP contribution in [-0.2, 0) is 4.79 Å². The first-order valence-corrected chi connectivity index (χ1v) is 7.17. The SMILES string of the molecule is Cc1ccc(C)c(NC(=O)C(C)Nc2ccccc2C)c1. The van der Waals surface area contributed by atoms with Crippen molar-refractivity contribution in [1.29, 1.82) is 0 Å². The fourth-order valence-corrected chi connectivity index (χ4v) is 2.15. The van der Waals surface area contributed by atoms with Crippen LogP contribution in [0, 0.1) is 20.8 Å². The molecule has 2 rings (SSSR count). The lowest BCUT2D eigenvalue weighted by Gasteiger charge is -2.18. The molecule has 0 fully saturated rings. The third-order valence-corrected chi connectivity index (χ3v) is 3.56. The Kier molecular flexibility index (Phi) is 4.63. The molecular weight excluding hydrogens is 260 g/mol. The van der Waals surface area contributed by atoms with E-state index in [4.69, 9.17) is 0 Å². The number of para-hydroxylation sites is 1. The zero-order chi connectivity index (χ0) is 15.4. The second-order valence-corrected chi connectivity index (χ2v) is 5.49. The second-order valence-electron chi connectivity index (χ2n) is 5.49. The molecule has 1 amide bonds. The fraction of sp³-hybridized carbons (Fsp3) is 0.278. The Morgan fingerprint density at radius 2 is 1.62 bits per heavy atom. The van der Waals surface area contributed by atoms with Crippen LogP contribution in [-0.4, -0.2) is 11.9 Å². The van der Waals surface area contributed by atoms with Gasteiger partial charge in [-0.05, 0) is 56.5 Å². The molecule has 0 radical (unpaired) electrons. The summed E-state index contributed by atoms with van der Waals surface area (Å²) in [6, 6.07) is 13.7. The zero-order valence-corrected chi connectivity index (χ0v) is 13.0. The molecule has 2 aromatic rings. The molecule has 0 aromatic heterocycles. The molecule has 0 saturated heterocycles. The van der Waals surface area contributed by atoms with E-state index in [1.165, 1.54) is 0 Å². The number of hydrogen-bond acceptors (Lipinski definition) is 2. The minimum atomic E-state index is -0.300. The van der Waals surface area contributed by atoms with Gasteiger partial charge >= 0.3 is 0 Å². The molecule has 0 saturated carbocycles. The molecule has 0 heterocycles. The first-order chi connectivity index (χ1) is 9.97. The summed E-state index contributed by atoms with van der Waals surface area (Å²) in [4.78, 5) is 12.3. The van der Waals surface area contributed by atoms with E-state index in [-0.39, 0.29) is 11.9 Å². The topological polar surface area (TPSA) is 41.1 Å². The zero-order valence-electron chi connectivity index (χ0n) is 13.0. The minimum Gasteiger partial charge on any atom is -0.374 e. The molecule has 0 bridgehead atoms. The monoisotopic (exact) mass is 282 g/mol. The molecule has 1 atom stereocenters. The average Bonchev–Trinajstić information content (AvgIpc) is 2.45. The molecule has 0 aliphatic carbocycles. The molecule has 21 heavy (non-hydrogen) atoms. The second kappa shape index (κ2) is 6.44. The summed E-state index contributed by atoms with van der Waals surface area (Å²) in [6.07, 6.45) is 0. The van der Waals surface area contributed by atoms with Crippen LogP contribution in [0.4, 0.5) is 11.4 Å². The van der Waals surface area contributed by atoms with Crippen molar-refractivity contribution in [1.82, 2.24) is 0 Å². The number of hydrogen-bond donors (Lipinski definition) is 2. The molecule has 1 unspecified atom stereocenters. The third kappa shape index (κ3) is 3.85. The Morgan fingerprint density at radius 1 is 0.952 bits per heavy atom. The van der Waals surface area contributed by atoms with Gasteiger partial charge in [-0.3, -0.25) is 4.79 Å². The Balaban J connectivity index is 2.06. The summed E-state index contributed by atoms with van der Waals surface area (Å²) in [5.41, 5.74) is 5.19. The molecule has 0 aliphatic rings. The van der Waals surface area contributed by atoms with E-state index in [2.05, 4.69) is 10.6 Å². The van der Waals surface area contributed by atoms with E-state index < -0.39 is 0 Å². The highest BCUT2D eigenvalue weighted by Crippen LogP contribution is 2.18. The van der Waals surface area contributed by atoms with Gasteiger partial charge < -0.3 is 10.6 Å². The van der Waals surface area contributed by atoms with E-state index in [0.29, 0.717) is 0 Å². The van der Waals surface area contributed by atoms with Crippen LogP contribution in [0.3, 0.4) is 0 Å². The van der Waals surface area contributed by atoms with Crippen molar-refractivity contribution in [3.8, 4) is 0 Å². The predicted octanol–water partition coefficient (Wildman–Crippen LogP) is 4.05. The van der Waals surface area contributed by atoms with Crippen LogP contribution < -0.4 is 10.6 Å². The summed E-state index contributed by atoms with van der Waals surface area (Å²) >= 11 is 0. The summed E-state index contributed by atoms with van der Waals surface area (Å²) < 4.78 is 0. The molecule has 0 spiro atoms. The maximum Gasteiger partial charge on any atom is 0.246 e. The van der Waals surface area contributed by atoms with Crippen LogP contribution >= 0.6 is 0 Å². The van der Waals surface area contributed by atoms with Crippen molar-refractivity contribution < 1.29 is 4.79 Å². The summed E-state index contributed by atoms with van der Waals surface area (Å²) in [5, 5.41) is 6.24. The maximum atomic E-state index is 12.3. The summed E-state index contributed by atoms with van der Waals surface area (Å²) in [6.45, 7) is 7.91. The number of amides is 1. The number of benzene rings is 2. The first-order valence-electron chi connectivity index (χ1n) is 7.17. The smallest absolute Gasteiger partial charge is 0.246 e. The van der Waals surface area contributed by atoms with Crippen molar-refractivity contribution in [2.45, 2.75) is 33.7 Å². The molecule has 3 heteroatoms. The van der Waals surface area contributed by atoms with E-state index >= 15 is 0 Å². The summed E-state index contributed by atoms with van der Waals surface area (Å²) in [7, 11) is 0. The highest BCUT2D eigenvalue weighted by atomic mass is 16.2. The standard InChI is InChI=1S/C18H22N2O/c1-12-9-10-14(3)17(11-12)20-18(21)15(4)19-16-8-6-5-7-13(16)2/h5-11,15,19H,1-4H3,(H,20,21). The van der Waals surface area contributed by atoms with Gasteiger partial charge in [0, 0.05) is 11.4 Å². The lowest BCUT2D eigenvalue weighted by Crippen LogP contribution is -2.32. The highest BCUT2D eigenvalue weighted by Gasteiger charge is 2.14. The van der Waals surface area contributed by atoms with E-state index in [1.807, 2.05) is 70.2 Å². The fourth-order valence-electron chi connectivity index (χ4n) is 2.15. The molecule has 0 aliphatic heterocycles. The van der Waals surface area contributed by atoms with Crippen molar-refractivity contribution in [3.05, 3.63) is 59.2 Å². The van der Waals surface area contributed by atoms with Crippen LogP contribution in [0.2, 0.25) is 0 Å². The first kappa shape index (κ1) is 15.1. The number of carbonyl (C=O) groups excluding carboxylic acids is 1. The van der Waals surface area contributed by atoms with E-state index in [0.717, 1.165) is 28.1 Å². The van der Waals surface area contributed by atoms with Crippen molar-refractivity contribution in [3.63, 3.8) is 0 Å². The maximum absolute atomic E-state index is 12.3. The van der Waals surface area contributed by atoms with Crippen LogP contribution in [0.5, 0.6) is 0 Å². The van der Waals surface area contributed by atoms with Gasteiger partial charge in [-0.25, -0.2) is 0 Å². The lowest BCUT2D eigenvalue weighted by atomic mass is 10.1. The number of nitrogens with one attached hydrogen (secondary N) is 2. The summed E-state index contributed by atoms with van der Waals surface area (Å²) in [5.74, 6) is -0.0352. The van der Waals surface area contributed by atoms with Gasteiger partial charge in [-0.15, -0.1) is 0 Å². The Labute approximate surface area is 126 Å². The van der Waals surface area contributed by atoms with Crippen molar-refractivity contribution >= 4 is 17.3 Å². The Bertz CT molecular complexity index is 649. The molecule has 2 N–H and O–H groups in total. The van der Waals surface area contributed by atoms with Gasteiger partial charge in [0.1, 0.15) is 6.04 Å². The Hall–Kier alpha value is -2.29. The van der Waals surface area contributed by atoms with Gasteiger partial charge in [0.05, 0.1) is 0 Å².